The number of rotatable bonds is 8. The second-order valence-electron chi connectivity index (χ2n) is 5.66. The molecule has 0 saturated heterocycles. The SMILES string of the molecule is Cc1cccc(O[C@H](C)C(=O)NCCSCc2ccc(Cl)cc2Cl)c1. The number of carbonyl (C=O) groups is 1. The molecule has 0 aromatic heterocycles. The Morgan fingerprint density at radius 3 is 2.76 bits per heavy atom. The molecule has 0 radical (unpaired) electrons. The number of amides is 1. The summed E-state index contributed by atoms with van der Waals surface area (Å²) in [7, 11) is 0. The summed E-state index contributed by atoms with van der Waals surface area (Å²) in [5.74, 6) is 2.16. The molecule has 1 atom stereocenters. The minimum Gasteiger partial charge on any atom is -0.481 e. The maximum atomic E-state index is 12.1. The van der Waals surface area contributed by atoms with Crippen molar-refractivity contribution in [2.24, 2.45) is 0 Å². The molecule has 0 aliphatic heterocycles. The first kappa shape index (κ1) is 20.0. The molecule has 0 aliphatic rings. The Bertz CT molecular complexity index is 724. The molecular weight excluding hydrogens is 377 g/mol. The van der Waals surface area contributed by atoms with Crippen molar-refractivity contribution in [3.8, 4) is 5.75 Å². The molecule has 1 amide bonds. The molecule has 0 unspecified atom stereocenters. The molecule has 6 heteroatoms. The van der Waals surface area contributed by atoms with Gasteiger partial charge in [-0.05, 0) is 49.2 Å². The Morgan fingerprint density at radius 1 is 1.24 bits per heavy atom. The van der Waals surface area contributed by atoms with Gasteiger partial charge in [-0.15, -0.1) is 0 Å². The summed E-state index contributed by atoms with van der Waals surface area (Å²) in [5.41, 5.74) is 2.14. The molecule has 134 valence electrons. The number of hydrogen-bond donors (Lipinski definition) is 1. The van der Waals surface area contributed by atoms with Gasteiger partial charge in [-0.25, -0.2) is 0 Å². The second kappa shape index (κ2) is 9.95. The minimum absolute atomic E-state index is 0.119. The summed E-state index contributed by atoms with van der Waals surface area (Å²) in [6.45, 7) is 4.32. The molecule has 0 fully saturated rings. The van der Waals surface area contributed by atoms with E-state index in [2.05, 4.69) is 5.32 Å². The molecule has 2 aromatic rings. The van der Waals surface area contributed by atoms with Gasteiger partial charge in [0.2, 0.25) is 0 Å². The number of hydrogen-bond acceptors (Lipinski definition) is 3. The highest BCUT2D eigenvalue weighted by Gasteiger charge is 2.14. The van der Waals surface area contributed by atoms with Gasteiger partial charge >= 0.3 is 0 Å². The lowest BCUT2D eigenvalue weighted by Crippen LogP contribution is -2.37. The van der Waals surface area contributed by atoms with Crippen LogP contribution in [0.25, 0.3) is 0 Å². The number of benzene rings is 2. The number of ether oxygens (including phenoxy) is 1. The summed E-state index contributed by atoms with van der Waals surface area (Å²) in [4.78, 5) is 12.1. The van der Waals surface area contributed by atoms with E-state index in [-0.39, 0.29) is 5.91 Å². The molecule has 0 aliphatic carbocycles. The highest BCUT2D eigenvalue weighted by molar-refractivity contribution is 7.98. The van der Waals surface area contributed by atoms with Gasteiger partial charge in [-0.3, -0.25) is 4.79 Å². The van der Waals surface area contributed by atoms with Crippen molar-refractivity contribution in [3.05, 3.63) is 63.6 Å². The van der Waals surface area contributed by atoms with Crippen molar-refractivity contribution >= 4 is 40.9 Å². The van der Waals surface area contributed by atoms with Crippen LogP contribution in [-0.2, 0) is 10.5 Å². The second-order valence-corrected chi connectivity index (χ2v) is 7.60. The van der Waals surface area contributed by atoms with Gasteiger partial charge < -0.3 is 10.1 Å². The zero-order valence-electron chi connectivity index (χ0n) is 14.2. The van der Waals surface area contributed by atoms with Crippen LogP contribution >= 0.6 is 35.0 Å². The van der Waals surface area contributed by atoms with Crippen LogP contribution in [0.4, 0.5) is 0 Å². The van der Waals surface area contributed by atoms with Crippen molar-refractivity contribution < 1.29 is 9.53 Å². The molecular formula is C19H21Cl2NO2S. The Balaban J connectivity index is 1.67. The van der Waals surface area contributed by atoms with E-state index < -0.39 is 6.10 Å². The third kappa shape index (κ3) is 6.81. The van der Waals surface area contributed by atoms with E-state index in [9.17, 15) is 4.79 Å². The van der Waals surface area contributed by atoms with Crippen LogP contribution in [-0.4, -0.2) is 24.3 Å². The summed E-state index contributed by atoms with van der Waals surface area (Å²) >= 11 is 13.7. The van der Waals surface area contributed by atoms with Crippen LogP contribution in [0.3, 0.4) is 0 Å². The van der Waals surface area contributed by atoms with Crippen molar-refractivity contribution in [2.45, 2.75) is 25.7 Å². The Labute approximate surface area is 163 Å². The lowest BCUT2D eigenvalue weighted by molar-refractivity contribution is -0.127. The maximum Gasteiger partial charge on any atom is 0.260 e. The average molecular weight is 398 g/mol. The lowest BCUT2D eigenvalue weighted by Gasteiger charge is -2.15. The third-order valence-electron chi connectivity index (χ3n) is 3.49. The zero-order chi connectivity index (χ0) is 18.2. The zero-order valence-corrected chi connectivity index (χ0v) is 16.5. The number of halogens is 2. The Kier molecular flexibility index (Phi) is 7.94. The maximum absolute atomic E-state index is 12.1. The minimum atomic E-state index is -0.530. The number of carbonyl (C=O) groups excluding carboxylic acids is 1. The fourth-order valence-electron chi connectivity index (χ4n) is 2.16. The van der Waals surface area contributed by atoms with E-state index >= 15 is 0 Å². The van der Waals surface area contributed by atoms with Crippen LogP contribution < -0.4 is 10.1 Å². The molecule has 0 spiro atoms. The molecule has 2 aromatic carbocycles. The first-order chi connectivity index (χ1) is 12.0. The number of aryl methyl sites for hydroxylation is 1. The molecule has 0 bridgehead atoms. The standard InChI is InChI=1S/C19H21Cl2NO2S/c1-13-4-3-5-17(10-13)24-14(2)19(23)22-8-9-25-12-15-6-7-16(20)11-18(15)21/h3-7,10-11,14H,8-9,12H2,1-2H3,(H,22,23)/t14-/m1/s1. The smallest absolute Gasteiger partial charge is 0.260 e. The predicted molar refractivity (Wildman–Crippen MR) is 107 cm³/mol. The fraction of sp³-hybridized carbons (Fsp3) is 0.316. The van der Waals surface area contributed by atoms with E-state index in [1.165, 1.54) is 0 Å². The van der Waals surface area contributed by atoms with Crippen molar-refractivity contribution in [1.82, 2.24) is 5.32 Å². The molecule has 0 heterocycles. The highest BCUT2D eigenvalue weighted by Crippen LogP contribution is 2.24. The van der Waals surface area contributed by atoms with Gasteiger partial charge in [-0.2, -0.15) is 11.8 Å². The summed E-state index contributed by atoms with van der Waals surface area (Å²) in [6.07, 6.45) is -0.530. The van der Waals surface area contributed by atoms with Gasteiger partial charge in [0, 0.05) is 28.1 Å². The van der Waals surface area contributed by atoms with Crippen LogP contribution in [0.15, 0.2) is 42.5 Å². The van der Waals surface area contributed by atoms with E-state index in [4.69, 9.17) is 27.9 Å². The fourth-order valence-corrected chi connectivity index (χ4v) is 3.57. The normalized spacial score (nSPS) is 11.8. The van der Waals surface area contributed by atoms with E-state index in [0.29, 0.717) is 22.3 Å². The average Bonchev–Trinajstić information content (AvgIpc) is 2.56. The summed E-state index contributed by atoms with van der Waals surface area (Å²) < 4.78 is 5.66. The summed E-state index contributed by atoms with van der Waals surface area (Å²) in [5, 5.41) is 4.19. The van der Waals surface area contributed by atoms with E-state index in [1.54, 1.807) is 24.8 Å². The first-order valence-electron chi connectivity index (χ1n) is 7.98. The van der Waals surface area contributed by atoms with Gasteiger partial charge in [0.1, 0.15) is 5.75 Å². The van der Waals surface area contributed by atoms with Crippen LogP contribution in [0.2, 0.25) is 10.0 Å². The molecule has 0 saturated carbocycles. The van der Waals surface area contributed by atoms with Crippen LogP contribution in [0, 0.1) is 6.92 Å². The molecule has 1 N–H and O–H groups in total. The van der Waals surface area contributed by atoms with E-state index in [0.717, 1.165) is 22.6 Å². The Hall–Kier alpha value is -1.36. The van der Waals surface area contributed by atoms with Crippen LogP contribution in [0.1, 0.15) is 18.1 Å². The Morgan fingerprint density at radius 2 is 2.04 bits per heavy atom. The highest BCUT2D eigenvalue weighted by atomic mass is 35.5. The molecule has 3 nitrogen and oxygen atoms in total. The van der Waals surface area contributed by atoms with Gasteiger partial charge in [-0.1, -0.05) is 41.4 Å². The largest absolute Gasteiger partial charge is 0.481 e. The van der Waals surface area contributed by atoms with Crippen LogP contribution in [0.5, 0.6) is 5.75 Å². The van der Waals surface area contributed by atoms with Crippen molar-refractivity contribution in [1.29, 1.82) is 0 Å². The van der Waals surface area contributed by atoms with Crippen molar-refractivity contribution in [3.63, 3.8) is 0 Å². The third-order valence-corrected chi connectivity index (χ3v) is 5.08. The van der Waals surface area contributed by atoms with Gasteiger partial charge in [0.25, 0.3) is 5.91 Å². The summed E-state index contributed by atoms with van der Waals surface area (Å²) in [6, 6.07) is 13.2. The first-order valence-corrected chi connectivity index (χ1v) is 9.89. The van der Waals surface area contributed by atoms with Crippen molar-refractivity contribution in [2.75, 3.05) is 12.3 Å². The lowest BCUT2D eigenvalue weighted by atomic mass is 10.2. The van der Waals surface area contributed by atoms with Gasteiger partial charge in [0.15, 0.2) is 6.10 Å². The quantitative estimate of drug-likeness (QED) is 0.628. The van der Waals surface area contributed by atoms with E-state index in [1.807, 2.05) is 43.3 Å². The predicted octanol–water partition coefficient (Wildman–Crippen LogP) is 5.12. The topological polar surface area (TPSA) is 38.3 Å². The van der Waals surface area contributed by atoms with Gasteiger partial charge in [0.05, 0.1) is 0 Å². The number of thioether (sulfide) groups is 1. The number of nitrogens with one attached hydrogen (secondary N) is 1. The molecule has 2 rings (SSSR count). The molecule has 25 heavy (non-hydrogen) atoms. The monoisotopic (exact) mass is 397 g/mol.